The van der Waals surface area contributed by atoms with Crippen molar-refractivity contribution in [3.63, 3.8) is 0 Å². The van der Waals surface area contributed by atoms with Crippen LogP contribution in [0.5, 0.6) is 0 Å². The summed E-state index contributed by atoms with van der Waals surface area (Å²) in [6.07, 6.45) is 4.79. The summed E-state index contributed by atoms with van der Waals surface area (Å²) in [7, 11) is 0. The highest BCUT2D eigenvalue weighted by molar-refractivity contribution is 5.83. The van der Waals surface area contributed by atoms with E-state index >= 15 is 0 Å². The van der Waals surface area contributed by atoms with Gasteiger partial charge in [0, 0.05) is 0 Å². The molecule has 0 aliphatic heterocycles. The van der Waals surface area contributed by atoms with Gasteiger partial charge in [-0.3, -0.25) is 9.59 Å². The second-order valence-electron chi connectivity index (χ2n) is 3.77. The molecule has 0 spiro atoms. The first-order valence-corrected chi connectivity index (χ1v) is 5.31. The summed E-state index contributed by atoms with van der Waals surface area (Å²) in [5.41, 5.74) is 0.247. The Hall–Kier alpha value is -2.42. The van der Waals surface area contributed by atoms with Crippen molar-refractivity contribution in [1.29, 1.82) is 0 Å². The average Bonchev–Trinajstić information content (AvgIpc) is 2.33. The molecule has 1 N–H and O–H groups in total. The van der Waals surface area contributed by atoms with Crippen LogP contribution in [0.1, 0.15) is 5.56 Å². The molecule has 0 saturated carbocycles. The predicted octanol–water partition coefficient (Wildman–Crippen LogP) is 1.05. The summed E-state index contributed by atoms with van der Waals surface area (Å²) in [6.45, 7) is -0.693. The van der Waals surface area contributed by atoms with Crippen LogP contribution in [0.15, 0.2) is 18.2 Å². The van der Waals surface area contributed by atoms with Gasteiger partial charge in [0.05, 0.1) is 13.0 Å². The Morgan fingerprint density at radius 2 is 2.00 bits per heavy atom. The number of rotatable bonds is 5. The van der Waals surface area contributed by atoms with Gasteiger partial charge in [-0.1, -0.05) is 12.0 Å². The van der Waals surface area contributed by atoms with E-state index in [1.807, 2.05) is 0 Å². The Labute approximate surface area is 108 Å². The Bertz CT molecular complexity index is 537. The third-order valence-corrected chi connectivity index (χ3v) is 2.30. The lowest BCUT2D eigenvalue weighted by Crippen LogP contribution is -2.37. The van der Waals surface area contributed by atoms with Gasteiger partial charge in [-0.15, -0.1) is 6.42 Å². The number of terminal acetylenes is 1. The van der Waals surface area contributed by atoms with Crippen LogP contribution < -0.4 is 0 Å². The van der Waals surface area contributed by atoms with Crippen LogP contribution in [0, 0.1) is 24.0 Å². The zero-order valence-corrected chi connectivity index (χ0v) is 9.90. The molecule has 4 nitrogen and oxygen atoms in total. The minimum Gasteiger partial charge on any atom is -0.480 e. The number of aliphatic carboxylic acids is 1. The van der Waals surface area contributed by atoms with Crippen molar-refractivity contribution < 1.29 is 23.5 Å². The molecule has 0 aliphatic rings. The molecule has 0 saturated heterocycles. The number of carbonyl (C=O) groups is 2. The highest BCUT2D eigenvalue weighted by Crippen LogP contribution is 2.10. The second kappa shape index (κ2) is 6.50. The molecule has 0 heterocycles. The Morgan fingerprint density at radius 1 is 1.32 bits per heavy atom. The van der Waals surface area contributed by atoms with Gasteiger partial charge in [0.15, 0.2) is 11.6 Å². The lowest BCUT2D eigenvalue weighted by Gasteiger charge is -2.17. The summed E-state index contributed by atoms with van der Waals surface area (Å²) < 4.78 is 25.7. The first-order valence-electron chi connectivity index (χ1n) is 5.31. The van der Waals surface area contributed by atoms with Gasteiger partial charge in [0.25, 0.3) is 0 Å². The van der Waals surface area contributed by atoms with E-state index in [0.29, 0.717) is 0 Å². The fourth-order valence-corrected chi connectivity index (χ4v) is 1.44. The van der Waals surface area contributed by atoms with Gasteiger partial charge >= 0.3 is 5.97 Å². The van der Waals surface area contributed by atoms with E-state index in [0.717, 1.165) is 17.0 Å². The zero-order chi connectivity index (χ0) is 14.4. The number of nitrogens with zero attached hydrogens (tertiary/aromatic N) is 1. The van der Waals surface area contributed by atoms with Gasteiger partial charge in [-0.05, 0) is 17.7 Å². The fraction of sp³-hybridized carbons (Fsp3) is 0.231. The molecule has 0 fully saturated rings. The number of carbonyl (C=O) groups excluding carboxylic acids is 1. The van der Waals surface area contributed by atoms with Gasteiger partial charge in [-0.25, -0.2) is 8.78 Å². The van der Waals surface area contributed by atoms with Gasteiger partial charge in [0.1, 0.15) is 6.54 Å². The molecule has 6 heteroatoms. The molecular formula is C13H11F2NO3. The number of benzene rings is 1. The normalized spacial score (nSPS) is 9.74. The smallest absolute Gasteiger partial charge is 0.323 e. The maximum absolute atomic E-state index is 13.0. The molecule has 0 bridgehead atoms. The Kier molecular flexibility index (Phi) is 5.01. The summed E-state index contributed by atoms with van der Waals surface area (Å²) in [5.74, 6) is -1.67. The molecule has 0 aromatic heterocycles. The molecule has 0 atom stereocenters. The van der Waals surface area contributed by atoms with E-state index in [2.05, 4.69) is 5.92 Å². The number of halogens is 2. The summed E-state index contributed by atoms with van der Waals surface area (Å²) >= 11 is 0. The average molecular weight is 267 g/mol. The minimum atomic E-state index is -1.20. The Balaban J connectivity index is 2.78. The van der Waals surface area contributed by atoms with E-state index in [9.17, 15) is 18.4 Å². The van der Waals surface area contributed by atoms with E-state index in [4.69, 9.17) is 11.5 Å². The molecule has 1 amide bonds. The van der Waals surface area contributed by atoms with Crippen molar-refractivity contribution in [3.05, 3.63) is 35.4 Å². The van der Waals surface area contributed by atoms with E-state index in [-0.39, 0.29) is 18.5 Å². The van der Waals surface area contributed by atoms with E-state index in [1.54, 1.807) is 0 Å². The first-order chi connectivity index (χ1) is 8.93. The maximum atomic E-state index is 13.0. The van der Waals surface area contributed by atoms with E-state index < -0.39 is 30.1 Å². The van der Waals surface area contributed by atoms with Crippen LogP contribution in [0.25, 0.3) is 0 Å². The quantitative estimate of drug-likeness (QED) is 0.811. The summed E-state index contributed by atoms with van der Waals surface area (Å²) in [5, 5.41) is 8.63. The number of amides is 1. The molecular weight excluding hydrogens is 256 g/mol. The molecule has 0 aliphatic carbocycles. The molecule has 100 valence electrons. The number of hydrogen-bond donors (Lipinski definition) is 1. The largest absolute Gasteiger partial charge is 0.480 e. The molecule has 1 aromatic carbocycles. The third-order valence-electron chi connectivity index (χ3n) is 2.30. The zero-order valence-electron chi connectivity index (χ0n) is 9.90. The van der Waals surface area contributed by atoms with Crippen molar-refractivity contribution in [2.75, 3.05) is 13.1 Å². The van der Waals surface area contributed by atoms with Crippen LogP contribution in [-0.4, -0.2) is 35.0 Å². The first kappa shape index (κ1) is 14.6. The van der Waals surface area contributed by atoms with Crippen molar-refractivity contribution in [3.8, 4) is 12.3 Å². The van der Waals surface area contributed by atoms with Crippen LogP contribution in [0.3, 0.4) is 0 Å². The van der Waals surface area contributed by atoms with Crippen LogP contribution in [0.2, 0.25) is 0 Å². The lowest BCUT2D eigenvalue weighted by molar-refractivity contribution is -0.143. The number of carboxylic acids is 1. The van der Waals surface area contributed by atoms with Gasteiger partial charge < -0.3 is 10.0 Å². The molecule has 1 rings (SSSR count). The SMILES string of the molecule is C#CCN(CC(=O)O)C(=O)Cc1ccc(F)c(F)c1. The number of hydrogen-bond acceptors (Lipinski definition) is 2. The summed E-state index contributed by atoms with van der Waals surface area (Å²) in [4.78, 5) is 23.3. The molecule has 0 unspecified atom stereocenters. The highest BCUT2D eigenvalue weighted by atomic mass is 19.2. The number of carboxylic acid groups (broad SMARTS) is 1. The van der Waals surface area contributed by atoms with Crippen LogP contribution in [0.4, 0.5) is 8.78 Å². The second-order valence-corrected chi connectivity index (χ2v) is 3.77. The van der Waals surface area contributed by atoms with Crippen molar-refractivity contribution >= 4 is 11.9 Å². The van der Waals surface area contributed by atoms with Gasteiger partial charge in [0.2, 0.25) is 5.91 Å². The maximum Gasteiger partial charge on any atom is 0.323 e. The highest BCUT2D eigenvalue weighted by Gasteiger charge is 2.16. The van der Waals surface area contributed by atoms with Crippen molar-refractivity contribution in [2.45, 2.75) is 6.42 Å². The van der Waals surface area contributed by atoms with Gasteiger partial charge in [-0.2, -0.15) is 0 Å². The van der Waals surface area contributed by atoms with Crippen LogP contribution >= 0.6 is 0 Å². The fourth-order valence-electron chi connectivity index (χ4n) is 1.44. The van der Waals surface area contributed by atoms with Crippen molar-refractivity contribution in [2.24, 2.45) is 0 Å². The standard InChI is InChI=1S/C13H11F2NO3/c1-2-5-16(8-13(18)19)12(17)7-9-3-4-10(14)11(15)6-9/h1,3-4,6H,5,7-8H2,(H,18,19). The predicted molar refractivity (Wildman–Crippen MR) is 63.1 cm³/mol. The van der Waals surface area contributed by atoms with Crippen LogP contribution in [-0.2, 0) is 16.0 Å². The lowest BCUT2D eigenvalue weighted by atomic mass is 10.1. The Morgan fingerprint density at radius 3 is 2.53 bits per heavy atom. The third kappa shape index (κ3) is 4.39. The molecule has 19 heavy (non-hydrogen) atoms. The monoisotopic (exact) mass is 267 g/mol. The molecule has 1 aromatic rings. The topological polar surface area (TPSA) is 57.6 Å². The van der Waals surface area contributed by atoms with E-state index in [1.165, 1.54) is 6.07 Å². The minimum absolute atomic E-state index is 0.158. The van der Waals surface area contributed by atoms with Crippen molar-refractivity contribution in [1.82, 2.24) is 4.90 Å². The summed E-state index contributed by atoms with van der Waals surface area (Å²) in [6, 6.07) is 3.05. The molecule has 0 radical (unpaired) electrons.